The highest BCUT2D eigenvalue weighted by Gasteiger charge is 2.17. The summed E-state index contributed by atoms with van der Waals surface area (Å²) in [6, 6.07) is 5.91. The van der Waals surface area contributed by atoms with E-state index in [0.29, 0.717) is 11.5 Å². The van der Waals surface area contributed by atoms with E-state index in [9.17, 15) is 0 Å². The second kappa shape index (κ2) is 5.99. The minimum Gasteiger partial charge on any atom is -0.493 e. The van der Waals surface area contributed by atoms with E-state index in [4.69, 9.17) is 9.47 Å². The third-order valence-electron chi connectivity index (χ3n) is 2.88. The third-order valence-corrected chi connectivity index (χ3v) is 4.02. The van der Waals surface area contributed by atoms with Crippen LogP contribution in [0.1, 0.15) is 18.0 Å². The van der Waals surface area contributed by atoms with Crippen LogP contribution in [0.5, 0.6) is 11.5 Å². The maximum Gasteiger partial charge on any atom is 0.171 e. The monoisotopic (exact) mass is 279 g/mol. The summed E-state index contributed by atoms with van der Waals surface area (Å²) in [5, 5.41) is 13.4. The molecule has 0 radical (unpaired) electrons. The highest BCUT2D eigenvalue weighted by Crippen LogP contribution is 2.39. The number of nitrogens with zero attached hydrogens (tertiary/aromatic N) is 2. The standard InChI is InChI=1S/C13H17N3O2S/c1-8(14-2)12-15-16-13(19-12)9-6-5-7-10(17-3)11(9)18-4/h5-8,14H,1-4H3. The van der Waals surface area contributed by atoms with Gasteiger partial charge in [-0.2, -0.15) is 0 Å². The molecule has 0 aliphatic rings. The minimum absolute atomic E-state index is 0.183. The van der Waals surface area contributed by atoms with Crippen LogP contribution >= 0.6 is 11.3 Å². The molecule has 2 aromatic rings. The molecule has 1 unspecified atom stereocenters. The average Bonchev–Trinajstić information content (AvgIpc) is 2.95. The molecule has 0 fully saturated rings. The van der Waals surface area contributed by atoms with Gasteiger partial charge in [0, 0.05) is 0 Å². The van der Waals surface area contributed by atoms with Gasteiger partial charge >= 0.3 is 0 Å². The van der Waals surface area contributed by atoms with Gasteiger partial charge in [0.1, 0.15) is 5.01 Å². The van der Waals surface area contributed by atoms with Crippen LogP contribution in [-0.4, -0.2) is 31.5 Å². The Morgan fingerprint density at radius 1 is 1.21 bits per heavy atom. The Balaban J connectivity index is 2.44. The Kier molecular flexibility index (Phi) is 4.34. The minimum atomic E-state index is 0.183. The van der Waals surface area contributed by atoms with Gasteiger partial charge in [0.15, 0.2) is 16.5 Å². The number of aromatic nitrogens is 2. The fourth-order valence-corrected chi connectivity index (χ4v) is 2.62. The zero-order chi connectivity index (χ0) is 13.8. The van der Waals surface area contributed by atoms with Crippen molar-refractivity contribution in [1.82, 2.24) is 15.5 Å². The van der Waals surface area contributed by atoms with Crippen molar-refractivity contribution in [2.45, 2.75) is 13.0 Å². The molecule has 19 heavy (non-hydrogen) atoms. The van der Waals surface area contributed by atoms with E-state index in [0.717, 1.165) is 15.6 Å². The quantitative estimate of drug-likeness (QED) is 0.911. The van der Waals surface area contributed by atoms with Gasteiger partial charge in [0.2, 0.25) is 0 Å². The second-order valence-electron chi connectivity index (χ2n) is 4.00. The zero-order valence-electron chi connectivity index (χ0n) is 11.4. The summed E-state index contributed by atoms with van der Waals surface area (Å²) in [6.45, 7) is 2.05. The summed E-state index contributed by atoms with van der Waals surface area (Å²) in [4.78, 5) is 0. The largest absolute Gasteiger partial charge is 0.493 e. The Morgan fingerprint density at radius 3 is 2.63 bits per heavy atom. The maximum atomic E-state index is 5.42. The van der Waals surface area contributed by atoms with Gasteiger partial charge in [-0.25, -0.2) is 0 Å². The highest BCUT2D eigenvalue weighted by atomic mass is 32.1. The first-order chi connectivity index (χ1) is 9.21. The molecular weight excluding hydrogens is 262 g/mol. The van der Waals surface area contributed by atoms with Gasteiger partial charge < -0.3 is 14.8 Å². The SMILES string of the molecule is CNC(C)c1nnc(-c2cccc(OC)c2OC)s1. The molecule has 0 bridgehead atoms. The summed E-state index contributed by atoms with van der Waals surface area (Å²) >= 11 is 1.55. The molecule has 6 heteroatoms. The van der Waals surface area contributed by atoms with E-state index in [1.807, 2.05) is 32.2 Å². The molecule has 1 atom stereocenters. The third kappa shape index (κ3) is 2.69. The molecule has 1 N–H and O–H groups in total. The zero-order valence-corrected chi connectivity index (χ0v) is 12.2. The number of hydrogen-bond acceptors (Lipinski definition) is 6. The van der Waals surface area contributed by atoms with E-state index in [1.165, 1.54) is 0 Å². The van der Waals surface area contributed by atoms with Gasteiger partial charge in [-0.05, 0) is 26.1 Å². The summed E-state index contributed by atoms with van der Waals surface area (Å²) in [5.74, 6) is 1.38. The van der Waals surface area contributed by atoms with Crippen molar-refractivity contribution < 1.29 is 9.47 Å². The predicted octanol–water partition coefficient (Wildman–Crippen LogP) is 2.50. The van der Waals surface area contributed by atoms with Gasteiger partial charge in [-0.1, -0.05) is 17.4 Å². The van der Waals surface area contributed by atoms with Gasteiger partial charge in [-0.3, -0.25) is 0 Å². The fraction of sp³-hybridized carbons (Fsp3) is 0.385. The molecule has 1 heterocycles. The molecule has 5 nitrogen and oxygen atoms in total. The molecule has 0 spiro atoms. The Morgan fingerprint density at radius 2 is 2.00 bits per heavy atom. The fourth-order valence-electron chi connectivity index (χ4n) is 1.70. The number of hydrogen-bond donors (Lipinski definition) is 1. The van der Waals surface area contributed by atoms with Crippen LogP contribution in [0.4, 0.5) is 0 Å². The van der Waals surface area contributed by atoms with E-state index < -0.39 is 0 Å². The summed E-state index contributed by atoms with van der Waals surface area (Å²) in [7, 11) is 5.15. The predicted molar refractivity (Wildman–Crippen MR) is 75.9 cm³/mol. The van der Waals surface area contributed by atoms with Crippen molar-refractivity contribution in [3.05, 3.63) is 23.2 Å². The molecule has 1 aromatic carbocycles. The Hall–Kier alpha value is -1.66. The molecular formula is C13H17N3O2S. The van der Waals surface area contributed by atoms with Crippen molar-refractivity contribution in [2.75, 3.05) is 21.3 Å². The molecule has 0 aliphatic carbocycles. The molecule has 0 saturated heterocycles. The van der Waals surface area contributed by atoms with Crippen LogP contribution < -0.4 is 14.8 Å². The molecule has 0 amide bonds. The summed E-state index contributed by atoms with van der Waals surface area (Å²) in [6.07, 6.45) is 0. The highest BCUT2D eigenvalue weighted by molar-refractivity contribution is 7.14. The van der Waals surface area contributed by atoms with E-state index in [-0.39, 0.29) is 6.04 Å². The summed E-state index contributed by atoms with van der Waals surface area (Å²) in [5.41, 5.74) is 0.897. The van der Waals surface area contributed by atoms with Gasteiger partial charge in [0.25, 0.3) is 0 Å². The smallest absolute Gasteiger partial charge is 0.171 e. The van der Waals surface area contributed by atoms with Crippen LogP contribution in [0.15, 0.2) is 18.2 Å². The van der Waals surface area contributed by atoms with Crippen molar-refractivity contribution in [3.8, 4) is 22.1 Å². The number of rotatable bonds is 5. The lowest BCUT2D eigenvalue weighted by atomic mass is 10.2. The first-order valence-electron chi connectivity index (χ1n) is 5.93. The molecule has 1 aromatic heterocycles. The molecule has 0 saturated carbocycles. The first-order valence-corrected chi connectivity index (χ1v) is 6.75. The topological polar surface area (TPSA) is 56.3 Å². The lowest BCUT2D eigenvalue weighted by molar-refractivity contribution is 0.356. The number of methoxy groups -OCH3 is 2. The van der Waals surface area contributed by atoms with E-state index in [2.05, 4.69) is 15.5 Å². The Labute approximate surface area is 116 Å². The van der Waals surface area contributed by atoms with Crippen molar-refractivity contribution in [3.63, 3.8) is 0 Å². The second-order valence-corrected chi connectivity index (χ2v) is 5.01. The van der Waals surface area contributed by atoms with Crippen LogP contribution in [-0.2, 0) is 0 Å². The van der Waals surface area contributed by atoms with Gasteiger partial charge in [0.05, 0.1) is 25.8 Å². The van der Waals surface area contributed by atoms with Crippen molar-refractivity contribution in [2.24, 2.45) is 0 Å². The maximum absolute atomic E-state index is 5.42. The van der Waals surface area contributed by atoms with E-state index >= 15 is 0 Å². The molecule has 0 aliphatic heterocycles. The normalized spacial score (nSPS) is 12.2. The lowest BCUT2D eigenvalue weighted by Crippen LogP contribution is -2.11. The van der Waals surface area contributed by atoms with Crippen molar-refractivity contribution in [1.29, 1.82) is 0 Å². The van der Waals surface area contributed by atoms with Crippen LogP contribution in [0.2, 0.25) is 0 Å². The van der Waals surface area contributed by atoms with Crippen LogP contribution in [0.3, 0.4) is 0 Å². The average molecular weight is 279 g/mol. The van der Waals surface area contributed by atoms with Crippen LogP contribution in [0, 0.1) is 0 Å². The van der Waals surface area contributed by atoms with Crippen LogP contribution in [0.25, 0.3) is 10.6 Å². The Bertz CT molecular complexity index is 557. The number of para-hydroxylation sites is 1. The lowest BCUT2D eigenvalue weighted by Gasteiger charge is -2.10. The number of benzene rings is 1. The number of nitrogens with one attached hydrogen (secondary N) is 1. The summed E-state index contributed by atoms with van der Waals surface area (Å²) < 4.78 is 10.7. The van der Waals surface area contributed by atoms with Crippen molar-refractivity contribution >= 4 is 11.3 Å². The first kappa shape index (κ1) is 13.8. The number of ether oxygens (including phenoxy) is 2. The molecule has 2 rings (SSSR count). The van der Waals surface area contributed by atoms with E-state index in [1.54, 1.807) is 25.6 Å². The molecule has 102 valence electrons. The van der Waals surface area contributed by atoms with Gasteiger partial charge in [-0.15, -0.1) is 10.2 Å².